The fourth-order valence-electron chi connectivity index (χ4n) is 1.60. The van der Waals surface area contributed by atoms with E-state index in [2.05, 4.69) is 15.0 Å². The lowest BCUT2D eigenvalue weighted by molar-refractivity contribution is 0.256. The third kappa shape index (κ3) is 1.40. The molecule has 4 heteroatoms. The van der Waals surface area contributed by atoms with Crippen LogP contribution < -0.4 is 10.8 Å². The van der Waals surface area contributed by atoms with Crippen LogP contribution in [0.1, 0.15) is 0 Å². The summed E-state index contributed by atoms with van der Waals surface area (Å²) >= 11 is 0. The Labute approximate surface area is 91.0 Å². The summed E-state index contributed by atoms with van der Waals surface area (Å²) in [5.74, 6) is 0. The zero-order valence-electron chi connectivity index (χ0n) is 8.29. The maximum Gasteiger partial charge on any atom is 0.369 e. The Morgan fingerprint density at radius 3 is 2.50 bits per heavy atom. The highest BCUT2D eigenvalue weighted by atomic mass is 16.2. The molecule has 0 saturated carbocycles. The molecule has 3 rings (SSSR count). The van der Waals surface area contributed by atoms with Crippen molar-refractivity contribution in [2.75, 3.05) is 0 Å². The first-order valence-electron chi connectivity index (χ1n) is 4.87. The number of hydrogen-bond acceptors (Lipinski definition) is 2. The molecule has 0 radical (unpaired) electrons. The molecule has 1 aliphatic heterocycles. The van der Waals surface area contributed by atoms with Gasteiger partial charge in [0.1, 0.15) is 5.36 Å². The third-order valence-electron chi connectivity index (χ3n) is 2.34. The summed E-state index contributed by atoms with van der Waals surface area (Å²) in [5, 5.41) is 0.546. The molecule has 1 aromatic heterocycles. The van der Waals surface area contributed by atoms with Crippen molar-refractivity contribution in [3.63, 3.8) is 0 Å². The molecule has 16 heavy (non-hydrogen) atoms. The van der Waals surface area contributed by atoms with Gasteiger partial charge in [0.25, 0.3) is 0 Å². The first-order chi connectivity index (χ1) is 7.83. The van der Waals surface area contributed by atoms with Crippen LogP contribution in [0.15, 0.2) is 52.4 Å². The van der Waals surface area contributed by atoms with Crippen molar-refractivity contribution in [3.05, 3.63) is 53.3 Å². The molecule has 1 aliphatic rings. The Morgan fingerprint density at radius 1 is 0.875 bits per heavy atom. The average molecular weight is 209 g/mol. The summed E-state index contributed by atoms with van der Waals surface area (Å²) in [6.07, 6.45) is 0. The topological polar surface area (TPSA) is 54.7 Å². The van der Waals surface area contributed by atoms with E-state index < -0.39 is 6.03 Å². The number of nitrogens with zero attached hydrogens (tertiary/aromatic N) is 3. The molecule has 0 atom stereocenters. The van der Waals surface area contributed by atoms with Crippen molar-refractivity contribution in [2.24, 2.45) is 9.98 Å². The summed E-state index contributed by atoms with van der Waals surface area (Å²) in [6.45, 7) is 0. The van der Waals surface area contributed by atoms with E-state index in [1.54, 1.807) is 6.07 Å². The fourth-order valence-corrected chi connectivity index (χ4v) is 1.60. The van der Waals surface area contributed by atoms with Crippen LogP contribution in [0.2, 0.25) is 0 Å². The van der Waals surface area contributed by atoms with E-state index in [0.29, 0.717) is 10.8 Å². The number of pyridine rings is 1. The maximum atomic E-state index is 11.0. The minimum absolute atomic E-state index is 0.409. The molecule has 0 unspecified atom stereocenters. The van der Waals surface area contributed by atoms with Crippen LogP contribution in [-0.4, -0.2) is 11.0 Å². The van der Waals surface area contributed by atoms with Crippen LogP contribution in [-0.2, 0) is 0 Å². The van der Waals surface area contributed by atoms with Crippen LogP contribution >= 0.6 is 0 Å². The fraction of sp³-hybridized carbons (Fsp3) is 0. The number of urea groups is 1. The number of hydrogen-bond donors (Lipinski definition) is 0. The summed E-state index contributed by atoms with van der Waals surface area (Å²) in [7, 11) is 0. The first kappa shape index (κ1) is 8.91. The maximum absolute atomic E-state index is 11.0. The molecule has 0 N–H and O–H groups in total. The molecular weight excluding hydrogens is 202 g/mol. The van der Waals surface area contributed by atoms with Gasteiger partial charge in [0.2, 0.25) is 0 Å². The van der Waals surface area contributed by atoms with Gasteiger partial charge in [-0.05, 0) is 12.1 Å². The highest BCUT2D eigenvalue weighted by Gasteiger charge is 2.07. The van der Waals surface area contributed by atoms with Crippen molar-refractivity contribution in [1.82, 2.24) is 4.98 Å². The van der Waals surface area contributed by atoms with Gasteiger partial charge in [0.05, 0.1) is 5.69 Å². The van der Waals surface area contributed by atoms with Gasteiger partial charge in [-0.3, -0.25) is 0 Å². The molecule has 2 heterocycles. The van der Waals surface area contributed by atoms with Gasteiger partial charge in [-0.15, -0.1) is 0 Å². The first-order valence-corrected chi connectivity index (χ1v) is 4.87. The van der Waals surface area contributed by atoms with Crippen molar-refractivity contribution < 1.29 is 4.79 Å². The Morgan fingerprint density at radius 2 is 1.69 bits per heavy atom. The molecule has 0 spiro atoms. The second kappa shape index (κ2) is 3.34. The Kier molecular flexibility index (Phi) is 1.86. The highest BCUT2D eigenvalue weighted by molar-refractivity contribution is 5.77. The molecule has 0 saturated heterocycles. The van der Waals surface area contributed by atoms with Gasteiger partial charge < -0.3 is 0 Å². The summed E-state index contributed by atoms with van der Waals surface area (Å²) in [5.41, 5.74) is 2.21. The molecule has 4 nitrogen and oxygen atoms in total. The predicted molar refractivity (Wildman–Crippen MR) is 57.4 cm³/mol. The van der Waals surface area contributed by atoms with Crippen LogP contribution in [0.4, 0.5) is 4.79 Å². The lowest BCUT2D eigenvalue weighted by Gasteiger charge is -1.97. The smallest absolute Gasteiger partial charge is 0.244 e. The number of carbonyl (C=O) groups is 1. The molecule has 76 valence electrons. The third-order valence-corrected chi connectivity index (χ3v) is 2.34. The molecule has 2 amide bonds. The number of carbonyl (C=O) groups excluding carboxylic acids is 1. The second-order valence-corrected chi connectivity index (χ2v) is 3.41. The molecule has 2 aromatic rings. The largest absolute Gasteiger partial charge is 0.369 e. The van der Waals surface area contributed by atoms with Crippen LogP contribution in [0.5, 0.6) is 0 Å². The molecular formula is C12H7N3O. The number of rotatable bonds is 1. The van der Waals surface area contributed by atoms with E-state index >= 15 is 0 Å². The van der Waals surface area contributed by atoms with Crippen LogP contribution in [0.25, 0.3) is 11.3 Å². The Hall–Kier alpha value is -2.36. The Balaban J connectivity index is 2.21. The van der Waals surface area contributed by atoms with E-state index in [4.69, 9.17) is 0 Å². The van der Waals surface area contributed by atoms with E-state index in [-0.39, 0.29) is 0 Å². The van der Waals surface area contributed by atoms with Crippen molar-refractivity contribution in [3.8, 4) is 11.3 Å². The standard InChI is InChI=1S/C12H7N3O/c16-12-14-10-7-6-9(13-11(10)15-12)8-4-2-1-3-5-8/h1-7H. The summed E-state index contributed by atoms with van der Waals surface area (Å²) < 4.78 is 0. The number of benzene rings is 1. The second-order valence-electron chi connectivity index (χ2n) is 3.41. The van der Waals surface area contributed by atoms with Crippen molar-refractivity contribution in [2.45, 2.75) is 0 Å². The molecule has 0 fully saturated rings. The predicted octanol–water partition coefficient (Wildman–Crippen LogP) is 1.12. The normalized spacial score (nSPS) is 12.9. The quantitative estimate of drug-likeness (QED) is 0.706. The zero-order valence-corrected chi connectivity index (χ0v) is 8.29. The zero-order chi connectivity index (χ0) is 11.0. The Bertz CT molecular complexity index is 677. The summed E-state index contributed by atoms with van der Waals surface area (Å²) in [6, 6.07) is 12.9. The van der Waals surface area contributed by atoms with Gasteiger partial charge in [-0.25, -0.2) is 9.78 Å². The van der Waals surface area contributed by atoms with Crippen LogP contribution in [0.3, 0.4) is 0 Å². The van der Waals surface area contributed by atoms with E-state index in [9.17, 15) is 4.79 Å². The van der Waals surface area contributed by atoms with Gasteiger partial charge in [-0.2, -0.15) is 9.98 Å². The van der Waals surface area contributed by atoms with Crippen LogP contribution in [0, 0.1) is 0 Å². The van der Waals surface area contributed by atoms with Gasteiger partial charge >= 0.3 is 6.03 Å². The lowest BCUT2D eigenvalue weighted by atomic mass is 10.1. The minimum atomic E-state index is -0.479. The average Bonchev–Trinajstić information content (AvgIpc) is 2.69. The van der Waals surface area contributed by atoms with E-state index in [0.717, 1.165) is 11.3 Å². The number of aromatic nitrogens is 1. The van der Waals surface area contributed by atoms with Gasteiger partial charge in [0.15, 0.2) is 5.49 Å². The number of amides is 2. The molecule has 0 aliphatic carbocycles. The van der Waals surface area contributed by atoms with E-state index in [1.807, 2.05) is 36.4 Å². The monoisotopic (exact) mass is 209 g/mol. The van der Waals surface area contributed by atoms with Gasteiger partial charge in [-0.1, -0.05) is 30.3 Å². The minimum Gasteiger partial charge on any atom is -0.244 e. The number of fused-ring (bicyclic) bond motifs is 1. The van der Waals surface area contributed by atoms with Crippen molar-refractivity contribution >= 4 is 6.03 Å². The SMILES string of the molecule is O=C1N=c2ccc(-c3ccccc3)nc2=N1. The van der Waals surface area contributed by atoms with Gasteiger partial charge in [0, 0.05) is 5.56 Å². The van der Waals surface area contributed by atoms with E-state index in [1.165, 1.54) is 0 Å². The molecule has 1 aromatic carbocycles. The molecule has 0 bridgehead atoms. The summed E-state index contributed by atoms with van der Waals surface area (Å²) in [4.78, 5) is 22.7. The lowest BCUT2D eigenvalue weighted by Crippen LogP contribution is -2.25. The van der Waals surface area contributed by atoms with Crippen molar-refractivity contribution in [1.29, 1.82) is 0 Å². The highest BCUT2D eigenvalue weighted by Crippen LogP contribution is 2.13.